The number of aliphatic carboxylic acids is 1. The van der Waals surface area contributed by atoms with Gasteiger partial charge in [-0.25, -0.2) is 4.39 Å². The number of hydrogen-bond donors (Lipinski definition) is 1. The van der Waals surface area contributed by atoms with Crippen LogP contribution in [0.5, 0.6) is 5.75 Å². The first-order valence-electron chi connectivity index (χ1n) is 11.5. The van der Waals surface area contributed by atoms with Gasteiger partial charge in [-0.3, -0.25) is 9.78 Å². The summed E-state index contributed by atoms with van der Waals surface area (Å²) in [5.41, 5.74) is 1.30. The molecule has 1 saturated heterocycles. The molecule has 4 rings (SSSR count). The summed E-state index contributed by atoms with van der Waals surface area (Å²) in [6, 6.07) is 10.9. The van der Waals surface area contributed by atoms with Gasteiger partial charge in [-0.05, 0) is 73.7 Å². The highest BCUT2D eigenvalue weighted by Gasteiger charge is 2.34. The standard InChI is InChI=1S/C25H29FN4O3S/c1-33-18-5-7-23-20(15-18)19(8-11-27-23)22(26)6-4-17-9-12-30(16-21(17)25(31)32)13-14-34-24-3-2-10-28-29-24/h2-3,5,7-8,10-11,15,17,21-22H,4,6,9,12-14,16H2,1H3,(H,31,32)/t17-,21+,22?/m1/s1. The molecule has 0 radical (unpaired) electrons. The number of pyridine rings is 1. The first-order valence-corrected chi connectivity index (χ1v) is 12.5. The third kappa shape index (κ3) is 6.01. The molecule has 2 aromatic heterocycles. The number of halogens is 1. The number of nitrogens with zero attached hydrogens (tertiary/aromatic N) is 4. The van der Waals surface area contributed by atoms with E-state index >= 15 is 4.39 Å². The zero-order valence-corrected chi connectivity index (χ0v) is 20.0. The number of carboxylic acid groups (broad SMARTS) is 1. The van der Waals surface area contributed by atoms with Crippen LogP contribution in [0.3, 0.4) is 0 Å². The van der Waals surface area contributed by atoms with Crippen molar-refractivity contribution in [1.29, 1.82) is 0 Å². The Hall–Kier alpha value is -2.78. The molecule has 180 valence electrons. The molecule has 1 aliphatic rings. The summed E-state index contributed by atoms with van der Waals surface area (Å²) in [4.78, 5) is 18.5. The predicted octanol–water partition coefficient (Wildman–Crippen LogP) is 4.64. The first kappa shape index (κ1) is 24.3. The van der Waals surface area contributed by atoms with Crippen LogP contribution in [0.4, 0.5) is 4.39 Å². The van der Waals surface area contributed by atoms with Gasteiger partial charge in [0.25, 0.3) is 0 Å². The molecule has 1 aliphatic heterocycles. The van der Waals surface area contributed by atoms with Crippen LogP contribution in [-0.4, -0.2) is 63.7 Å². The lowest BCUT2D eigenvalue weighted by atomic mass is 9.81. The quantitative estimate of drug-likeness (QED) is 0.417. The highest BCUT2D eigenvalue weighted by atomic mass is 32.2. The van der Waals surface area contributed by atoms with E-state index in [2.05, 4.69) is 20.1 Å². The largest absolute Gasteiger partial charge is 0.497 e. The minimum absolute atomic E-state index is 0.0396. The fraction of sp³-hybridized carbons (Fsp3) is 0.440. The zero-order valence-electron chi connectivity index (χ0n) is 19.1. The molecule has 1 aromatic carbocycles. The lowest BCUT2D eigenvalue weighted by Gasteiger charge is -2.36. The Kier molecular flexibility index (Phi) is 8.29. The van der Waals surface area contributed by atoms with Gasteiger partial charge in [0, 0.05) is 36.6 Å². The van der Waals surface area contributed by atoms with Crippen molar-refractivity contribution in [2.75, 3.05) is 32.5 Å². The maximum atomic E-state index is 15.3. The number of alkyl halides is 1. The summed E-state index contributed by atoms with van der Waals surface area (Å²) >= 11 is 1.61. The Morgan fingerprint density at radius 3 is 2.97 bits per heavy atom. The fourth-order valence-corrected chi connectivity index (χ4v) is 5.44. The highest BCUT2D eigenvalue weighted by Crippen LogP contribution is 2.35. The molecule has 3 heterocycles. The molecule has 0 aliphatic carbocycles. The van der Waals surface area contributed by atoms with Crippen LogP contribution in [-0.2, 0) is 4.79 Å². The van der Waals surface area contributed by atoms with Crippen LogP contribution in [0.1, 0.15) is 31.0 Å². The SMILES string of the molecule is COc1ccc2nccc(C(F)CC[C@@H]3CCN(CCSc4cccnn4)C[C@@H]3C(=O)O)c2c1. The molecule has 3 aromatic rings. The number of benzene rings is 1. The van der Waals surface area contributed by atoms with E-state index in [0.29, 0.717) is 24.3 Å². The van der Waals surface area contributed by atoms with Crippen molar-refractivity contribution in [3.05, 3.63) is 54.4 Å². The van der Waals surface area contributed by atoms with Crippen molar-refractivity contribution in [3.63, 3.8) is 0 Å². The number of methoxy groups -OCH3 is 1. The average molecular weight is 485 g/mol. The van der Waals surface area contributed by atoms with Gasteiger partial charge in [0.15, 0.2) is 0 Å². The maximum Gasteiger partial charge on any atom is 0.308 e. The van der Waals surface area contributed by atoms with Crippen molar-refractivity contribution in [3.8, 4) is 5.75 Å². The predicted molar refractivity (Wildman–Crippen MR) is 130 cm³/mol. The van der Waals surface area contributed by atoms with E-state index in [1.807, 2.05) is 30.3 Å². The summed E-state index contributed by atoms with van der Waals surface area (Å²) < 4.78 is 20.6. The lowest BCUT2D eigenvalue weighted by molar-refractivity contribution is -0.146. The topological polar surface area (TPSA) is 88.4 Å². The van der Waals surface area contributed by atoms with Crippen LogP contribution >= 0.6 is 11.8 Å². The first-order chi connectivity index (χ1) is 16.5. The summed E-state index contributed by atoms with van der Waals surface area (Å²) in [5.74, 6) is 0.149. The van der Waals surface area contributed by atoms with Crippen molar-refractivity contribution in [1.82, 2.24) is 20.1 Å². The van der Waals surface area contributed by atoms with E-state index in [4.69, 9.17) is 4.74 Å². The van der Waals surface area contributed by atoms with E-state index in [0.717, 1.165) is 41.2 Å². The number of rotatable bonds is 10. The minimum Gasteiger partial charge on any atom is -0.497 e. The van der Waals surface area contributed by atoms with Gasteiger partial charge < -0.3 is 14.7 Å². The van der Waals surface area contributed by atoms with E-state index in [1.54, 1.807) is 37.3 Å². The monoisotopic (exact) mass is 484 g/mol. The fourth-order valence-electron chi connectivity index (χ4n) is 4.60. The number of ether oxygens (including phenoxy) is 1. The number of aromatic nitrogens is 3. The van der Waals surface area contributed by atoms with Crippen LogP contribution in [0.15, 0.2) is 53.8 Å². The van der Waals surface area contributed by atoms with E-state index in [9.17, 15) is 9.90 Å². The molecule has 0 spiro atoms. The molecule has 34 heavy (non-hydrogen) atoms. The molecule has 1 fully saturated rings. The van der Waals surface area contributed by atoms with Crippen molar-refractivity contribution >= 4 is 28.6 Å². The minimum atomic E-state index is -1.19. The van der Waals surface area contributed by atoms with Crippen molar-refractivity contribution in [2.24, 2.45) is 11.8 Å². The Labute approximate surface area is 202 Å². The molecular formula is C25H29FN4O3S. The van der Waals surface area contributed by atoms with Crippen LogP contribution in [0.2, 0.25) is 0 Å². The second-order valence-electron chi connectivity index (χ2n) is 8.53. The maximum absolute atomic E-state index is 15.3. The second kappa shape index (κ2) is 11.6. The molecule has 0 amide bonds. The molecule has 7 nitrogen and oxygen atoms in total. The Morgan fingerprint density at radius 1 is 1.32 bits per heavy atom. The molecule has 9 heteroatoms. The Morgan fingerprint density at radius 2 is 2.21 bits per heavy atom. The van der Waals surface area contributed by atoms with Crippen LogP contribution < -0.4 is 4.74 Å². The highest BCUT2D eigenvalue weighted by molar-refractivity contribution is 7.99. The van der Waals surface area contributed by atoms with Gasteiger partial charge in [0.1, 0.15) is 16.9 Å². The number of carboxylic acids is 1. The number of piperidine rings is 1. The molecule has 1 N–H and O–H groups in total. The smallest absolute Gasteiger partial charge is 0.308 e. The number of hydrogen-bond acceptors (Lipinski definition) is 7. The van der Waals surface area contributed by atoms with Gasteiger partial charge in [0.2, 0.25) is 0 Å². The zero-order chi connectivity index (χ0) is 23.9. The molecule has 0 saturated carbocycles. The number of fused-ring (bicyclic) bond motifs is 1. The summed E-state index contributed by atoms with van der Waals surface area (Å²) in [7, 11) is 1.58. The van der Waals surface area contributed by atoms with Gasteiger partial charge in [-0.15, -0.1) is 16.9 Å². The molecule has 0 bridgehead atoms. The van der Waals surface area contributed by atoms with Crippen LogP contribution in [0, 0.1) is 11.8 Å². The molecule has 3 atom stereocenters. The third-order valence-corrected chi connectivity index (χ3v) is 7.37. The number of likely N-dealkylation sites (tertiary alicyclic amines) is 1. The van der Waals surface area contributed by atoms with Gasteiger partial charge in [0.05, 0.1) is 18.5 Å². The van der Waals surface area contributed by atoms with E-state index < -0.39 is 18.1 Å². The van der Waals surface area contributed by atoms with Crippen molar-refractivity contribution in [2.45, 2.75) is 30.5 Å². The summed E-state index contributed by atoms with van der Waals surface area (Å²) in [6.45, 7) is 2.10. The van der Waals surface area contributed by atoms with Gasteiger partial charge in [-0.2, -0.15) is 5.10 Å². The van der Waals surface area contributed by atoms with Crippen molar-refractivity contribution < 1.29 is 19.0 Å². The average Bonchev–Trinajstić information content (AvgIpc) is 2.87. The number of carbonyl (C=O) groups is 1. The van der Waals surface area contributed by atoms with E-state index in [-0.39, 0.29) is 12.3 Å². The second-order valence-corrected chi connectivity index (χ2v) is 9.65. The molecular weight excluding hydrogens is 455 g/mol. The van der Waals surface area contributed by atoms with Crippen LogP contribution in [0.25, 0.3) is 10.9 Å². The normalized spacial score (nSPS) is 19.7. The van der Waals surface area contributed by atoms with Gasteiger partial charge in [-0.1, -0.05) is 0 Å². The summed E-state index contributed by atoms with van der Waals surface area (Å²) in [5, 5.41) is 19.4. The lowest BCUT2D eigenvalue weighted by Crippen LogP contribution is -2.44. The Balaban J connectivity index is 1.34. The summed E-state index contributed by atoms with van der Waals surface area (Å²) in [6.07, 6.45) is 3.65. The van der Waals surface area contributed by atoms with E-state index in [1.165, 1.54) is 0 Å². The molecule has 1 unspecified atom stereocenters. The third-order valence-electron chi connectivity index (χ3n) is 6.47. The number of thioether (sulfide) groups is 1. The Bertz CT molecular complexity index is 1100. The van der Waals surface area contributed by atoms with Gasteiger partial charge >= 0.3 is 5.97 Å².